The fourth-order valence-corrected chi connectivity index (χ4v) is 2.13. The molecule has 1 heterocycles. The molecule has 1 unspecified atom stereocenters. The third-order valence-corrected chi connectivity index (χ3v) is 3.22. The molecule has 0 aliphatic carbocycles. The number of imidazole rings is 1. The maximum Gasteiger partial charge on any atom is 0.240 e. The quantitative estimate of drug-likeness (QED) is 0.726. The van der Waals surface area contributed by atoms with Gasteiger partial charge in [0.05, 0.1) is 17.1 Å². The molecule has 1 amide bonds. The summed E-state index contributed by atoms with van der Waals surface area (Å²) in [5, 5.41) is 15.4. The Morgan fingerprint density at radius 3 is 2.68 bits per heavy atom. The number of fused-ring (bicyclic) bond motifs is 1. The molecule has 2 rings (SSSR count). The summed E-state index contributed by atoms with van der Waals surface area (Å²) >= 11 is 0. The number of nitrogens with zero attached hydrogens (tertiary/aromatic N) is 2. The van der Waals surface area contributed by atoms with Gasteiger partial charge in [-0.1, -0.05) is 26.0 Å². The maximum atomic E-state index is 12.1. The van der Waals surface area contributed by atoms with Crippen LogP contribution in [-0.4, -0.2) is 39.8 Å². The van der Waals surface area contributed by atoms with Gasteiger partial charge in [-0.25, -0.2) is 4.98 Å². The normalized spacial score (nSPS) is 12.6. The van der Waals surface area contributed by atoms with E-state index in [1.54, 1.807) is 6.92 Å². The van der Waals surface area contributed by atoms with Gasteiger partial charge in [-0.05, 0) is 25.0 Å². The molecule has 0 aliphatic heterocycles. The molecule has 3 N–H and O–H groups in total. The van der Waals surface area contributed by atoms with Gasteiger partial charge in [0.1, 0.15) is 6.54 Å². The molecule has 1 aromatic heterocycles. The van der Waals surface area contributed by atoms with Crippen LogP contribution in [-0.2, 0) is 11.3 Å². The van der Waals surface area contributed by atoms with Gasteiger partial charge >= 0.3 is 0 Å². The van der Waals surface area contributed by atoms with Crippen LogP contribution in [0.3, 0.4) is 0 Å². The molecule has 22 heavy (non-hydrogen) atoms. The highest BCUT2D eigenvalue weighted by Gasteiger charge is 2.13. The molecule has 0 aliphatic rings. The average Bonchev–Trinajstić information content (AvgIpc) is 2.81. The van der Waals surface area contributed by atoms with Crippen LogP contribution >= 0.6 is 0 Å². The van der Waals surface area contributed by atoms with Crippen molar-refractivity contribution in [3.8, 4) is 0 Å². The molecular weight excluding hydrogens is 280 g/mol. The van der Waals surface area contributed by atoms with Gasteiger partial charge in [0.15, 0.2) is 0 Å². The standard InChI is InChI=1S/C16H24N4O2/c1-11(2)8-17-15(22)10-20-14-7-5-4-6-13(14)19-16(20)18-9-12(3)21/h4-7,11-12,21H,8-10H2,1-3H3,(H,17,22)(H,18,19). The summed E-state index contributed by atoms with van der Waals surface area (Å²) in [4.78, 5) is 16.6. The largest absolute Gasteiger partial charge is 0.392 e. The Morgan fingerprint density at radius 1 is 1.27 bits per heavy atom. The zero-order chi connectivity index (χ0) is 16.1. The molecule has 2 aromatic rings. The predicted molar refractivity (Wildman–Crippen MR) is 87.8 cm³/mol. The number of carbonyl (C=O) groups excluding carboxylic acids is 1. The number of hydrogen-bond donors (Lipinski definition) is 3. The second-order valence-corrected chi connectivity index (χ2v) is 5.94. The highest BCUT2D eigenvalue weighted by atomic mass is 16.3. The van der Waals surface area contributed by atoms with E-state index in [4.69, 9.17) is 0 Å². The van der Waals surface area contributed by atoms with E-state index < -0.39 is 6.10 Å². The number of nitrogens with one attached hydrogen (secondary N) is 2. The summed E-state index contributed by atoms with van der Waals surface area (Å²) in [6.07, 6.45) is -0.483. The van der Waals surface area contributed by atoms with Crippen molar-refractivity contribution in [1.29, 1.82) is 0 Å². The molecule has 0 saturated heterocycles. The number of para-hydroxylation sites is 2. The molecule has 1 atom stereocenters. The number of carbonyl (C=O) groups is 1. The van der Waals surface area contributed by atoms with E-state index in [0.29, 0.717) is 25.0 Å². The van der Waals surface area contributed by atoms with Gasteiger partial charge in [-0.2, -0.15) is 0 Å². The fraction of sp³-hybridized carbons (Fsp3) is 0.500. The van der Waals surface area contributed by atoms with Crippen LogP contribution in [0.25, 0.3) is 11.0 Å². The summed E-state index contributed by atoms with van der Waals surface area (Å²) < 4.78 is 1.84. The molecule has 120 valence electrons. The molecule has 0 radical (unpaired) electrons. The Kier molecular flexibility index (Phi) is 5.38. The molecule has 0 spiro atoms. The lowest BCUT2D eigenvalue weighted by Gasteiger charge is -2.13. The third-order valence-electron chi connectivity index (χ3n) is 3.22. The van der Waals surface area contributed by atoms with Gasteiger partial charge in [0.25, 0.3) is 0 Å². The zero-order valence-electron chi connectivity index (χ0n) is 13.3. The zero-order valence-corrected chi connectivity index (χ0v) is 13.3. The lowest BCUT2D eigenvalue weighted by molar-refractivity contribution is -0.121. The van der Waals surface area contributed by atoms with Crippen molar-refractivity contribution in [2.45, 2.75) is 33.4 Å². The predicted octanol–water partition coefficient (Wildman–Crippen LogP) is 1.60. The van der Waals surface area contributed by atoms with Crippen LogP contribution in [0, 0.1) is 5.92 Å². The van der Waals surface area contributed by atoms with Crippen LogP contribution in [0.5, 0.6) is 0 Å². The number of anilines is 1. The first-order chi connectivity index (χ1) is 10.5. The number of hydrogen-bond acceptors (Lipinski definition) is 4. The minimum Gasteiger partial charge on any atom is -0.392 e. The van der Waals surface area contributed by atoms with E-state index in [1.165, 1.54) is 0 Å². The van der Waals surface area contributed by atoms with Crippen molar-refractivity contribution in [3.63, 3.8) is 0 Å². The fourth-order valence-electron chi connectivity index (χ4n) is 2.13. The van der Waals surface area contributed by atoms with Crippen LogP contribution in [0.2, 0.25) is 0 Å². The molecule has 0 fully saturated rings. The Balaban J connectivity index is 2.21. The van der Waals surface area contributed by atoms with E-state index in [0.717, 1.165) is 11.0 Å². The number of aliphatic hydroxyl groups is 1. The Bertz CT molecular complexity index is 634. The van der Waals surface area contributed by atoms with Gasteiger partial charge in [0, 0.05) is 13.1 Å². The first-order valence-electron chi connectivity index (χ1n) is 7.61. The monoisotopic (exact) mass is 304 g/mol. The van der Waals surface area contributed by atoms with E-state index >= 15 is 0 Å². The second kappa shape index (κ2) is 7.26. The molecule has 0 saturated carbocycles. The number of aliphatic hydroxyl groups excluding tert-OH is 1. The summed E-state index contributed by atoms with van der Waals surface area (Å²) in [5.41, 5.74) is 1.72. The van der Waals surface area contributed by atoms with Gasteiger partial charge in [-0.15, -0.1) is 0 Å². The van der Waals surface area contributed by atoms with E-state index in [1.807, 2.05) is 28.8 Å². The minimum absolute atomic E-state index is 0.0445. The maximum absolute atomic E-state index is 12.1. The van der Waals surface area contributed by atoms with Crippen LogP contribution in [0.4, 0.5) is 5.95 Å². The van der Waals surface area contributed by atoms with Crippen molar-refractivity contribution in [3.05, 3.63) is 24.3 Å². The summed E-state index contributed by atoms with van der Waals surface area (Å²) in [6.45, 7) is 7.06. The van der Waals surface area contributed by atoms with Gasteiger partial charge in [0.2, 0.25) is 11.9 Å². The summed E-state index contributed by atoms with van der Waals surface area (Å²) in [6, 6.07) is 7.68. The number of rotatable bonds is 7. The van der Waals surface area contributed by atoms with Crippen molar-refractivity contribution in [2.24, 2.45) is 5.92 Å². The average molecular weight is 304 g/mol. The lowest BCUT2D eigenvalue weighted by Crippen LogP contribution is -2.31. The Hall–Kier alpha value is -2.08. The first kappa shape index (κ1) is 16.3. The number of amides is 1. The summed E-state index contributed by atoms with van der Waals surface area (Å²) in [5.74, 6) is 0.968. The van der Waals surface area contributed by atoms with E-state index in [-0.39, 0.29) is 12.5 Å². The highest BCUT2D eigenvalue weighted by molar-refractivity contribution is 5.83. The number of benzene rings is 1. The topological polar surface area (TPSA) is 79.2 Å². The van der Waals surface area contributed by atoms with Gasteiger partial charge in [-0.3, -0.25) is 4.79 Å². The molecule has 1 aromatic carbocycles. The van der Waals surface area contributed by atoms with E-state index in [9.17, 15) is 9.90 Å². The lowest BCUT2D eigenvalue weighted by atomic mass is 10.2. The first-order valence-corrected chi connectivity index (χ1v) is 7.61. The minimum atomic E-state index is -0.483. The van der Waals surface area contributed by atoms with Crippen LogP contribution < -0.4 is 10.6 Å². The van der Waals surface area contributed by atoms with Crippen LogP contribution in [0.1, 0.15) is 20.8 Å². The SMILES string of the molecule is CC(C)CNC(=O)Cn1c(NCC(C)O)nc2ccccc21. The van der Waals surface area contributed by atoms with Crippen molar-refractivity contribution >= 4 is 22.9 Å². The second-order valence-electron chi connectivity index (χ2n) is 5.94. The van der Waals surface area contributed by atoms with Crippen molar-refractivity contribution < 1.29 is 9.90 Å². The van der Waals surface area contributed by atoms with Crippen molar-refractivity contribution in [1.82, 2.24) is 14.9 Å². The van der Waals surface area contributed by atoms with Crippen LogP contribution in [0.15, 0.2) is 24.3 Å². The summed E-state index contributed by atoms with van der Waals surface area (Å²) in [7, 11) is 0. The Morgan fingerprint density at radius 2 is 2.00 bits per heavy atom. The van der Waals surface area contributed by atoms with Crippen molar-refractivity contribution in [2.75, 3.05) is 18.4 Å². The highest BCUT2D eigenvalue weighted by Crippen LogP contribution is 2.19. The molecule has 0 bridgehead atoms. The third kappa shape index (κ3) is 4.21. The van der Waals surface area contributed by atoms with E-state index in [2.05, 4.69) is 29.5 Å². The smallest absolute Gasteiger partial charge is 0.240 e. The molecule has 6 heteroatoms. The molecule has 6 nitrogen and oxygen atoms in total. The Labute approximate surface area is 130 Å². The molecular formula is C16H24N4O2. The number of aromatic nitrogens is 2. The van der Waals surface area contributed by atoms with Gasteiger partial charge < -0.3 is 20.3 Å².